The van der Waals surface area contributed by atoms with Gasteiger partial charge >= 0.3 is 6.01 Å². The molecule has 0 amide bonds. The normalized spacial score (nSPS) is 26.4. The molecular formula is C32H37F2N7O3. The van der Waals surface area contributed by atoms with Crippen molar-refractivity contribution in [2.24, 2.45) is 0 Å². The van der Waals surface area contributed by atoms with Crippen molar-refractivity contribution in [2.75, 3.05) is 57.5 Å². The monoisotopic (exact) mass is 605 g/mol. The lowest BCUT2D eigenvalue weighted by atomic mass is 9.95. The van der Waals surface area contributed by atoms with Crippen molar-refractivity contribution in [2.45, 2.75) is 62.9 Å². The third-order valence-corrected chi connectivity index (χ3v) is 9.72. The minimum atomic E-state index is -0.869. The number of ether oxygens (including phenoxy) is 3. The molecule has 4 aromatic rings. The third-order valence-electron chi connectivity index (χ3n) is 9.72. The first-order valence-corrected chi connectivity index (χ1v) is 15.9. The maximum absolute atomic E-state index is 16.7. The van der Waals surface area contributed by atoms with E-state index in [1.807, 2.05) is 22.9 Å². The van der Waals surface area contributed by atoms with Gasteiger partial charge in [0.05, 0.1) is 29.2 Å². The van der Waals surface area contributed by atoms with Crippen LogP contribution in [0, 0.1) is 5.82 Å². The van der Waals surface area contributed by atoms with Crippen LogP contribution in [0.3, 0.4) is 0 Å². The summed E-state index contributed by atoms with van der Waals surface area (Å²) in [5.74, 6) is 0.0334. The Morgan fingerprint density at radius 2 is 1.95 bits per heavy atom. The summed E-state index contributed by atoms with van der Waals surface area (Å²) in [5.41, 5.74) is 1.48. The number of alkyl halides is 1. The van der Waals surface area contributed by atoms with Crippen LogP contribution < -0.4 is 9.64 Å². The highest BCUT2D eigenvalue weighted by molar-refractivity contribution is 5.97. The highest BCUT2D eigenvalue weighted by Gasteiger charge is 2.49. The number of hydrogen-bond acceptors (Lipinski definition) is 9. The molecule has 0 aliphatic carbocycles. The number of hydrogen-bond donors (Lipinski definition) is 0. The number of pyridine rings is 1. The van der Waals surface area contributed by atoms with Gasteiger partial charge in [-0.05, 0) is 51.1 Å². The zero-order valence-corrected chi connectivity index (χ0v) is 24.8. The molecule has 0 spiro atoms. The maximum atomic E-state index is 16.7. The van der Waals surface area contributed by atoms with Gasteiger partial charge in [0.1, 0.15) is 29.8 Å². The summed E-state index contributed by atoms with van der Waals surface area (Å²) >= 11 is 0. The SMILES string of the molecule is Fc1c(-c2cccc3c2cnn3C2CCCCO2)ncc2c(N3CCCOCC3)nc(OC[C@@]34CCCN3C[C@H](F)C4)nc12. The minimum Gasteiger partial charge on any atom is -0.461 e. The molecule has 1 aromatic carbocycles. The van der Waals surface area contributed by atoms with Gasteiger partial charge < -0.3 is 19.1 Å². The Morgan fingerprint density at radius 3 is 2.86 bits per heavy atom. The minimum absolute atomic E-state index is 0.0951. The number of halogens is 2. The number of aromatic nitrogens is 5. The van der Waals surface area contributed by atoms with E-state index in [1.54, 1.807) is 12.4 Å². The molecule has 4 aliphatic rings. The van der Waals surface area contributed by atoms with Gasteiger partial charge in [0.15, 0.2) is 12.0 Å². The molecule has 0 saturated carbocycles. The molecular weight excluding hydrogens is 568 g/mol. The molecule has 12 heteroatoms. The Hall–Kier alpha value is -3.48. The van der Waals surface area contributed by atoms with E-state index in [2.05, 4.69) is 24.9 Å². The second-order valence-electron chi connectivity index (χ2n) is 12.5. The van der Waals surface area contributed by atoms with Crippen LogP contribution in [0.5, 0.6) is 6.01 Å². The fraction of sp³-hybridized carbons (Fsp3) is 0.562. The quantitative estimate of drug-likeness (QED) is 0.299. The first kappa shape index (κ1) is 28.0. The van der Waals surface area contributed by atoms with Crippen molar-refractivity contribution in [3.8, 4) is 17.3 Å². The van der Waals surface area contributed by atoms with Gasteiger partial charge in [-0.1, -0.05) is 12.1 Å². The maximum Gasteiger partial charge on any atom is 0.319 e. The summed E-state index contributed by atoms with van der Waals surface area (Å²) < 4.78 is 50.9. The molecule has 0 bridgehead atoms. The fourth-order valence-electron chi connectivity index (χ4n) is 7.54. The molecule has 3 aromatic heterocycles. The van der Waals surface area contributed by atoms with Crippen LogP contribution in [0.4, 0.5) is 14.6 Å². The van der Waals surface area contributed by atoms with Crippen LogP contribution >= 0.6 is 0 Å². The Labute approximate surface area is 254 Å². The summed E-state index contributed by atoms with van der Waals surface area (Å²) in [6.45, 7) is 4.78. The average Bonchev–Trinajstić information content (AvgIpc) is 3.65. The van der Waals surface area contributed by atoms with E-state index in [0.717, 1.165) is 56.0 Å². The number of anilines is 1. The molecule has 4 saturated heterocycles. The van der Waals surface area contributed by atoms with E-state index >= 15 is 4.39 Å². The largest absolute Gasteiger partial charge is 0.461 e. The lowest BCUT2D eigenvalue weighted by Crippen LogP contribution is -2.43. The molecule has 232 valence electrons. The van der Waals surface area contributed by atoms with Gasteiger partial charge in [0.2, 0.25) is 0 Å². The molecule has 4 fully saturated rings. The second-order valence-corrected chi connectivity index (χ2v) is 12.5. The van der Waals surface area contributed by atoms with E-state index in [-0.39, 0.29) is 35.6 Å². The molecule has 0 N–H and O–H groups in total. The van der Waals surface area contributed by atoms with Crippen LogP contribution in [0.2, 0.25) is 0 Å². The van der Waals surface area contributed by atoms with E-state index in [4.69, 9.17) is 19.2 Å². The molecule has 4 aliphatic heterocycles. The summed E-state index contributed by atoms with van der Waals surface area (Å²) in [6, 6.07) is 5.83. The number of rotatable bonds is 6. The van der Waals surface area contributed by atoms with Crippen LogP contribution in [0.15, 0.2) is 30.6 Å². The Kier molecular flexibility index (Phi) is 7.30. The summed E-state index contributed by atoms with van der Waals surface area (Å²) in [4.78, 5) is 18.4. The molecule has 8 rings (SSSR count). The van der Waals surface area contributed by atoms with E-state index < -0.39 is 12.0 Å². The molecule has 0 radical (unpaired) electrons. The zero-order valence-electron chi connectivity index (χ0n) is 24.8. The lowest BCUT2D eigenvalue weighted by molar-refractivity contribution is -0.0366. The van der Waals surface area contributed by atoms with Crippen molar-refractivity contribution >= 4 is 27.6 Å². The third kappa shape index (κ3) is 4.87. The van der Waals surface area contributed by atoms with Crippen molar-refractivity contribution < 1.29 is 23.0 Å². The summed E-state index contributed by atoms with van der Waals surface area (Å²) in [7, 11) is 0. The molecule has 44 heavy (non-hydrogen) atoms. The van der Waals surface area contributed by atoms with E-state index in [9.17, 15) is 4.39 Å². The Morgan fingerprint density at radius 1 is 1.00 bits per heavy atom. The van der Waals surface area contributed by atoms with Crippen molar-refractivity contribution in [1.29, 1.82) is 0 Å². The van der Waals surface area contributed by atoms with Gasteiger partial charge in [-0.3, -0.25) is 9.88 Å². The van der Waals surface area contributed by atoms with Crippen molar-refractivity contribution in [3.63, 3.8) is 0 Å². The van der Waals surface area contributed by atoms with Gasteiger partial charge in [0, 0.05) is 56.4 Å². The topological polar surface area (TPSA) is 90.7 Å². The predicted octanol–water partition coefficient (Wildman–Crippen LogP) is 5.06. The first-order chi connectivity index (χ1) is 21.6. The Bertz CT molecular complexity index is 1670. The standard InChI is InChI=1S/C32H37F2N7O3/c33-21-16-32(9-4-11-40(32)19-21)20-44-31-37-29-24(30(38-31)39-10-5-13-42-15-12-39)17-35-28(27(29)34)22-6-3-7-25-23(22)18-36-41(25)26-8-1-2-14-43-26/h3,6-7,17-18,21,26H,1-2,4-5,8-16,19-20H2/t21-,26?,32+/m1/s1. The molecule has 7 heterocycles. The Balaban J connectivity index is 1.20. The zero-order chi connectivity index (χ0) is 29.7. The van der Waals surface area contributed by atoms with Gasteiger partial charge in [-0.2, -0.15) is 15.1 Å². The average molecular weight is 606 g/mol. The lowest BCUT2D eigenvalue weighted by Gasteiger charge is -2.31. The van der Waals surface area contributed by atoms with Crippen LogP contribution in [-0.4, -0.2) is 93.9 Å². The van der Waals surface area contributed by atoms with Gasteiger partial charge in [0.25, 0.3) is 0 Å². The van der Waals surface area contributed by atoms with Gasteiger partial charge in [-0.25, -0.2) is 13.5 Å². The van der Waals surface area contributed by atoms with Crippen LogP contribution in [-0.2, 0) is 9.47 Å². The number of nitrogens with zero attached hydrogens (tertiary/aromatic N) is 7. The highest BCUT2D eigenvalue weighted by atomic mass is 19.1. The van der Waals surface area contributed by atoms with E-state index in [0.29, 0.717) is 62.6 Å². The summed E-state index contributed by atoms with van der Waals surface area (Å²) in [6.07, 6.45) is 8.55. The van der Waals surface area contributed by atoms with Crippen molar-refractivity contribution in [1.82, 2.24) is 29.6 Å². The number of benzene rings is 1. The highest BCUT2D eigenvalue weighted by Crippen LogP contribution is 2.41. The molecule has 3 atom stereocenters. The van der Waals surface area contributed by atoms with E-state index in [1.165, 1.54) is 0 Å². The fourth-order valence-corrected chi connectivity index (χ4v) is 7.54. The predicted molar refractivity (Wildman–Crippen MR) is 161 cm³/mol. The van der Waals surface area contributed by atoms with Crippen LogP contribution in [0.25, 0.3) is 33.1 Å². The molecule has 1 unspecified atom stereocenters. The van der Waals surface area contributed by atoms with Crippen molar-refractivity contribution in [3.05, 3.63) is 36.4 Å². The molecule has 10 nitrogen and oxygen atoms in total. The summed E-state index contributed by atoms with van der Waals surface area (Å²) in [5, 5.41) is 5.95. The first-order valence-electron chi connectivity index (χ1n) is 15.9. The smallest absolute Gasteiger partial charge is 0.319 e. The van der Waals surface area contributed by atoms with Gasteiger partial charge in [-0.15, -0.1) is 0 Å². The van der Waals surface area contributed by atoms with Crippen LogP contribution in [0.1, 0.15) is 51.2 Å². The number of fused-ring (bicyclic) bond motifs is 3. The second kappa shape index (κ2) is 11.5.